The van der Waals surface area contributed by atoms with Crippen molar-refractivity contribution in [3.63, 3.8) is 0 Å². The van der Waals surface area contributed by atoms with Gasteiger partial charge in [-0.05, 0) is 48.9 Å². The van der Waals surface area contributed by atoms with Crippen molar-refractivity contribution in [3.05, 3.63) is 60.0 Å². The van der Waals surface area contributed by atoms with E-state index < -0.39 is 13.0 Å². The molecule has 0 radical (unpaired) electrons. The number of aromatic nitrogens is 2. The van der Waals surface area contributed by atoms with Crippen molar-refractivity contribution in [3.8, 4) is 22.9 Å². The van der Waals surface area contributed by atoms with Gasteiger partial charge < -0.3 is 14.0 Å². The monoisotopic (exact) mass is 483 g/mol. The molecule has 34 heavy (non-hydrogen) atoms. The van der Waals surface area contributed by atoms with Gasteiger partial charge in [0.2, 0.25) is 11.7 Å². The molecule has 0 saturated heterocycles. The molecule has 0 aliphatic heterocycles. The highest BCUT2D eigenvalue weighted by atomic mass is 19.4. The molecule has 0 fully saturated rings. The summed E-state index contributed by atoms with van der Waals surface area (Å²) in [6.07, 6.45) is -4.78. The summed E-state index contributed by atoms with van der Waals surface area (Å²) < 4.78 is 75.0. The van der Waals surface area contributed by atoms with Crippen LogP contribution in [0.25, 0.3) is 11.4 Å². The highest BCUT2D eigenvalue weighted by molar-refractivity contribution is 5.79. The Morgan fingerprint density at radius 1 is 1.15 bits per heavy atom. The summed E-state index contributed by atoms with van der Waals surface area (Å²) in [4.78, 5) is 8.48. The van der Waals surface area contributed by atoms with E-state index in [9.17, 15) is 22.0 Å². The summed E-state index contributed by atoms with van der Waals surface area (Å²) in [6.45, 7) is 2.40. The lowest BCUT2D eigenvalue weighted by Gasteiger charge is -2.18. The van der Waals surface area contributed by atoms with Crippen LogP contribution >= 0.6 is 0 Å². The third kappa shape index (κ3) is 7.25. The van der Waals surface area contributed by atoms with Crippen molar-refractivity contribution < 1.29 is 35.9 Å². The minimum atomic E-state index is -4.78. The number of hydrazone groups is 1. The summed E-state index contributed by atoms with van der Waals surface area (Å²) in [5.41, 5.74) is 1.06. The van der Waals surface area contributed by atoms with E-state index in [1.807, 2.05) is 0 Å². The second kappa shape index (κ2) is 10.7. The van der Waals surface area contributed by atoms with Crippen LogP contribution in [0.3, 0.4) is 0 Å². The third-order valence-electron chi connectivity index (χ3n) is 4.26. The van der Waals surface area contributed by atoms with E-state index in [0.717, 1.165) is 12.1 Å². The number of amidine groups is 1. The third-order valence-corrected chi connectivity index (χ3v) is 4.26. The number of hydrogen-bond acceptors (Lipinski definition) is 7. The minimum Gasteiger partial charge on any atom is -0.435 e. The molecule has 0 bridgehead atoms. The smallest absolute Gasteiger partial charge is 0.435 e. The zero-order valence-corrected chi connectivity index (χ0v) is 17.7. The number of halogens is 5. The number of aliphatic imine (C=N–C) groups is 1. The van der Waals surface area contributed by atoms with Gasteiger partial charge in [-0.3, -0.25) is 4.99 Å². The van der Waals surface area contributed by atoms with Gasteiger partial charge in [-0.25, -0.2) is 5.01 Å². The van der Waals surface area contributed by atoms with Crippen molar-refractivity contribution in [1.29, 1.82) is 0 Å². The molecule has 1 heterocycles. The molecule has 0 saturated carbocycles. The number of ether oxygens (including phenoxy) is 2. The molecule has 8 nitrogen and oxygen atoms in total. The number of rotatable bonds is 9. The van der Waals surface area contributed by atoms with Crippen LogP contribution in [0, 0.1) is 0 Å². The number of alkyl halides is 5. The highest BCUT2D eigenvalue weighted by Crippen LogP contribution is 2.25. The SMILES string of the molecule is C=NN(Cc1cccc(OC(F)F)c1)C(C)=NCc1nc(-c2ccc(OC(F)(F)F)cc2)no1. The molecule has 180 valence electrons. The zero-order valence-electron chi connectivity index (χ0n) is 17.7. The van der Waals surface area contributed by atoms with Crippen LogP contribution in [0.5, 0.6) is 11.5 Å². The van der Waals surface area contributed by atoms with Gasteiger partial charge in [0.05, 0.1) is 6.54 Å². The number of nitrogens with zero attached hydrogens (tertiary/aromatic N) is 5. The van der Waals surface area contributed by atoms with Gasteiger partial charge in [-0.2, -0.15) is 18.9 Å². The lowest BCUT2D eigenvalue weighted by atomic mass is 10.2. The quantitative estimate of drug-likeness (QED) is 0.178. The zero-order chi connectivity index (χ0) is 24.7. The summed E-state index contributed by atoms with van der Waals surface area (Å²) >= 11 is 0. The molecule has 2 aromatic carbocycles. The maximum atomic E-state index is 12.4. The molecule has 0 N–H and O–H groups in total. The second-order valence-corrected chi connectivity index (χ2v) is 6.67. The molecule has 3 rings (SSSR count). The Bertz CT molecular complexity index is 1130. The molecular formula is C21H18F5N5O3. The van der Waals surface area contributed by atoms with Crippen LogP contribution in [-0.4, -0.2) is 40.7 Å². The van der Waals surface area contributed by atoms with E-state index in [-0.39, 0.29) is 36.3 Å². The van der Waals surface area contributed by atoms with Crippen LogP contribution < -0.4 is 9.47 Å². The Labute approximate surface area is 190 Å². The fourth-order valence-corrected chi connectivity index (χ4v) is 2.77. The van der Waals surface area contributed by atoms with Crippen LogP contribution in [0.2, 0.25) is 0 Å². The Morgan fingerprint density at radius 2 is 1.88 bits per heavy atom. The van der Waals surface area contributed by atoms with Crippen molar-refractivity contribution in [2.45, 2.75) is 33.0 Å². The first-order valence-electron chi connectivity index (χ1n) is 9.60. The Morgan fingerprint density at radius 3 is 2.53 bits per heavy atom. The molecule has 13 heteroatoms. The van der Waals surface area contributed by atoms with Gasteiger partial charge in [-0.15, -0.1) is 13.2 Å². The maximum Gasteiger partial charge on any atom is 0.573 e. The van der Waals surface area contributed by atoms with E-state index in [2.05, 4.69) is 36.4 Å². The lowest BCUT2D eigenvalue weighted by molar-refractivity contribution is -0.274. The molecule has 0 aliphatic rings. The van der Waals surface area contributed by atoms with E-state index in [1.54, 1.807) is 19.1 Å². The van der Waals surface area contributed by atoms with Gasteiger partial charge in [0.25, 0.3) is 0 Å². The first-order chi connectivity index (χ1) is 16.1. The van der Waals surface area contributed by atoms with Gasteiger partial charge in [0, 0.05) is 12.3 Å². The predicted octanol–water partition coefficient (Wildman–Crippen LogP) is 5.27. The Hall–Kier alpha value is -4.03. The van der Waals surface area contributed by atoms with Crippen LogP contribution in [0.1, 0.15) is 18.4 Å². The molecule has 3 aromatic rings. The summed E-state index contributed by atoms with van der Waals surface area (Å²) in [7, 11) is 0. The Kier molecular flexibility index (Phi) is 7.76. The molecule has 0 atom stereocenters. The lowest BCUT2D eigenvalue weighted by Crippen LogP contribution is -2.22. The van der Waals surface area contributed by atoms with Crippen molar-refractivity contribution in [1.82, 2.24) is 15.1 Å². The summed E-state index contributed by atoms with van der Waals surface area (Å²) in [5, 5.41) is 9.11. The van der Waals surface area contributed by atoms with Crippen molar-refractivity contribution in [2.75, 3.05) is 0 Å². The number of hydrogen-bond donors (Lipinski definition) is 0. The van der Waals surface area contributed by atoms with Gasteiger partial charge in [-0.1, -0.05) is 17.3 Å². The van der Waals surface area contributed by atoms with Gasteiger partial charge >= 0.3 is 13.0 Å². The topological polar surface area (TPSA) is 85.3 Å². The van der Waals surface area contributed by atoms with Crippen LogP contribution in [0.15, 0.2) is 63.1 Å². The highest BCUT2D eigenvalue weighted by Gasteiger charge is 2.31. The summed E-state index contributed by atoms with van der Waals surface area (Å²) in [6, 6.07) is 11.1. The van der Waals surface area contributed by atoms with E-state index in [0.29, 0.717) is 17.0 Å². The first-order valence-corrected chi connectivity index (χ1v) is 9.60. The van der Waals surface area contributed by atoms with E-state index in [1.165, 1.54) is 29.3 Å². The molecule has 0 spiro atoms. The standard InChI is InChI=1S/C21H18F5N5O3/c1-13(31(27-2)12-14-4-3-5-17(10-14)32-20(22)23)28-11-18-29-19(30-34-18)15-6-8-16(9-7-15)33-21(24,25)26/h3-10,20H,2,11-12H2,1H3. The largest absolute Gasteiger partial charge is 0.573 e. The van der Waals surface area contributed by atoms with Crippen molar-refractivity contribution >= 4 is 12.6 Å². The normalized spacial score (nSPS) is 12.0. The minimum absolute atomic E-state index is 0.00530. The molecule has 0 unspecified atom stereocenters. The van der Waals surface area contributed by atoms with Crippen LogP contribution in [0.4, 0.5) is 22.0 Å². The maximum absolute atomic E-state index is 12.4. The molecular weight excluding hydrogens is 465 g/mol. The van der Waals surface area contributed by atoms with Crippen LogP contribution in [-0.2, 0) is 13.1 Å². The van der Waals surface area contributed by atoms with Gasteiger partial charge in [0.1, 0.15) is 23.9 Å². The fraction of sp³-hybridized carbons (Fsp3) is 0.238. The predicted molar refractivity (Wildman–Crippen MR) is 111 cm³/mol. The second-order valence-electron chi connectivity index (χ2n) is 6.67. The number of benzene rings is 2. The Balaban J connectivity index is 1.63. The first kappa shape index (κ1) is 24.6. The van der Waals surface area contributed by atoms with E-state index >= 15 is 0 Å². The molecule has 0 amide bonds. The molecule has 0 aliphatic carbocycles. The van der Waals surface area contributed by atoms with Gasteiger partial charge in [0.15, 0.2) is 0 Å². The average molecular weight is 483 g/mol. The molecule has 1 aromatic heterocycles. The average Bonchev–Trinajstić information content (AvgIpc) is 3.24. The van der Waals surface area contributed by atoms with Crippen molar-refractivity contribution in [2.24, 2.45) is 10.1 Å². The van der Waals surface area contributed by atoms with E-state index in [4.69, 9.17) is 4.52 Å². The fourth-order valence-electron chi connectivity index (χ4n) is 2.77. The summed E-state index contributed by atoms with van der Waals surface area (Å²) in [5.74, 6) is 0.395.